The predicted octanol–water partition coefficient (Wildman–Crippen LogP) is 4.07. The van der Waals surface area contributed by atoms with Crippen LogP contribution in [0.4, 0.5) is 23.1 Å². The van der Waals surface area contributed by atoms with Gasteiger partial charge < -0.3 is 16.4 Å². The molecule has 33 heavy (non-hydrogen) atoms. The number of imidazole rings is 1. The van der Waals surface area contributed by atoms with Crippen molar-refractivity contribution in [1.29, 1.82) is 0 Å². The van der Waals surface area contributed by atoms with Gasteiger partial charge in [0.05, 0.1) is 34.0 Å². The van der Waals surface area contributed by atoms with Crippen LogP contribution in [-0.2, 0) is 0 Å². The summed E-state index contributed by atoms with van der Waals surface area (Å²) in [6.07, 6.45) is 5.11. The zero-order chi connectivity index (χ0) is 22.8. The Bertz CT molecular complexity index is 1460. The van der Waals surface area contributed by atoms with E-state index in [-0.39, 0.29) is 5.91 Å². The number of nitrogen functional groups attached to an aromatic ring is 1. The van der Waals surface area contributed by atoms with E-state index in [0.717, 1.165) is 22.7 Å². The van der Waals surface area contributed by atoms with Crippen molar-refractivity contribution in [2.24, 2.45) is 0 Å². The number of rotatable bonds is 5. The molecule has 0 bridgehead atoms. The van der Waals surface area contributed by atoms with E-state index in [1.165, 1.54) is 6.20 Å². The molecule has 0 atom stereocenters. The van der Waals surface area contributed by atoms with Crippen molar-refractivity contribution in [3.8, 4) is 11.4 Å². The fraction of sp³-hybridized carbons (Fsp3) is 0.0417. The lowest BCUT2D eigenvalue weighted by molar-refractivity contribution is 0.102. The molecule has 0 aliphatic carbocycles. The monoisotopic (exact) mass is 436 g/mol. The molecule has 4 N–H and O–H groups in total. The number of hydrogen-bond donors (Lipinski definition) is 3. The molecule has 0 unspecified atom stereocenters. The molecule has 162 valence electrons. The lowest BCUT2D eigenvalue weighted by atomic mass is 10.2. The normalized spacial score (nSPS) is 10.8. The van der Waals surface area contributed by atoms with Crippen LogP contribution in [0.1, 0.15) is 16.1 Å². The summed E-state index contributed by atoms with van der Waals surface area (Å²) in [6, 6.07) is 18.1. The zero-order valence-corrected chi connectivity index (χ0v) is 17.7. The number of nitrogens with zero attached hydrogens (tertiary/aromatic N) is 5. The van der Waals surface area contributed by atoms with Gasteiger partial charge in [-0.15, -0.1) is 0 Å². The molecule has 5 rings (SSSR count). The van der Waals surface area contributed by atoms with E-state index < -0.39 is 0 Å². The van der Waals surface area contributed by atoms with Crippen LogP contribution in [0.2, 0.25) is 0 Å². The number of fused-ring (bicyclic) bond motifs is 1. The highest BCUT2D eigenvalue weighted by Gasteiger charge is 2.13. The number of benzene rings is 1. The minimum atomic E-state index is -0.298. The molecule has 5 aromatic rings. The van der Waals surface area contributed by atoms with Crippen molar-refractivity contribution in [3.05, 3.63) is 90.5 Å². The molecule has 0 saturated heterocycles. The first-order valence-corrected chi connectivity index (χ1v) is 10.2. The fourth-order valence-corrected chi connectivity index (χ4v) is 3.49. The number of amides is 1. The summed E-state index contributed by atoms with van der Waals surface area (Å²) in [5, 5.41) is 5.87. The highest BCUT2D eigenvalue weighted by Crippen LogP contribution is 2.24. The number of carbonyl (C=O) groups is 1. The van der Waals surface area contributed by atoms with Crippen molar-refractivity contribution < 1.29 is 4.79 Å². The lowest BCUT2D eigenvalue weighted by Crippen LogP contribution is -2.13. The van der Waals surface area contributed by atoms with Gasteiger partial charge in [-0.2, -0.15) is 0 Å². The Hall–Kier alpha value is -4.79. The summed E-state index contributed by atoms with van der Waals surface area (Å²) in [7, 11) is 0. The first-order valence-electron chi connectivity index (χ1n) is 10.2. The van der Waals surface area contributed by atoms with Gasteiger partial charge in [0.15, 0.2) is 0 Å². The number of nitrogens with one attached hydrogen (secondary N) is 2. The fourth-order valence-electron chi connectivity index (χ4n) is 3.49. The number of aryl methyl sites for hydroxylation is 1. The minimum Gasteiger partial charge on any atom is -0.397 e. The molecule has 0 radical (unpaired) electrons. The second kappa shape index (κ2) is 8.39. The molecule has 9 heteroatoms. The largest absolute Gasteiger partial charge is 0.397 e. The second-order valence-electron chi connectivity index (χ2n) is 7.34. The standard InChI is InChI=1S/C24H20N8O/c1-15-22(32-13-5-4-8-21(32)28-15)19-11-12-26-24(30-19)31-20-10-9-16(14-27-20)23(33)29-18-7-3-2-6-17(18)25/h2-14H,25H2,1H3,(H,29,33)(H,26,27,30,31). The highest BCUT2D eigenvalue weighted by molar-refractivity contribution is 6.05. The van der Waals surface area contributed by atoms with E-state index >= 15 is 0 Å². The Labute approximate surface area is 189 Å². The Morgan fingerprint density at radius 3 is 2.64 bits per heavy atom. The van der Waals surface area contributed by atoms with Crippen LogP contribution in [0, 0.1) is 6.92 Å². The van der Waals surface area contributed by atoms with Crippen molar-refractivity contribution in [3.63, 3.8) is 0 Å². The van der Waals surface area contributed by atoms with Gasteiger partial charge in [-0.05, 0) is 49.4 Å². The van der Waals surface area contributed by atoms with Crippen molar-refractivity contribution in [1.82, 2.24) is 24.3 Å². The van der Waals surface area contributed by atoms with E-state index in [1.54, 1.807) is 42.6 Å². The Balaban J connectivity index is 1.34. The van der Waals surface area contributed by atoms with Gasteiger partial charge in [0.1, 0.15) is 11.5 Å². The first kappa shape index (κ1) is 20.1. The smallest absolute Gasteiger partial charge is 0.257 e. The van der Waals surface area contributed by atoms with Gasteiger partial charge in [-0.3, -0.25) is 9.20 Å². The van der Waals surface area contributed by atoms with Gasteiger partial charge in [0.2, 0.25) is 5.95 Å². The molecule has 0 fully saturated rings. The molecular weight excluding hydrogens is 416 g/mol. The average Bonchev–Trinajstić information content (AvgIpc) is 3.17. The van der Waals surface area contributed by atoms with E-state index in [9.17, 15) is 4.79 Å². The topological polar surface area (TPSA) is 123 Å². The summed E-state index contributed by atoms with van der Waals surface area (Å²) in [5.41, 5.74) is 10.7. The number of pyridine rings is 2. The van der Waals surface area contributed by atoms with E-state index in [2.05, 4.69) is 30.6 Å². The van der Waals surface area contributed by atoms with Gasteiger partial charge in [-0.1, -0.05) is 18.2 Å². The van der Waals surface area contributed by atoms with Crippen LogP contribution < -0.4 is 16.4 Å². The minimum absolute atomic E-state index is 0.298. The second-order valence-corrected chi connectivity index (χ2v) is 7.34. The number of hydrogen-bond acceptors (Lipinski definition) is 7. The molecule has 0 aliphatic heterocycles. The molecule has 9 nitrogen and oxygen atoms in total. The SMILES string of the molecule is Cc1nc2ccccn2c1-c1ccnc(Nc2ccc(C(=O)Nc3ccccc3N)cn2)n1. The average molecular weight is 436 g/mol. The van der Waals surface area contributed by atoms with Gasteiger partial charge in [0.25, 0.3) is 5.91 Å². The Morgan fingerprint density at radius 1 is 0.970 bits per heavy atom. The summed E-state index contributed by atoms with van der Waals surface area (Å²) >= 11 is 0. The summed E-state index contributed by atoms with van der Waals surface area (Å²) in [6.45, 7) is 1.95. The van der Waals surface area contributed by atoms with Crippen molar-refractivity contribution in [2.75, 3.05) is 16.4 Å². The van der Waals surface area contributed by atoms with Crippen LogP contribution in [0.25, 0.3) is 17.0 Å². The molecule has 4 aromatic heterocycles. The third-order valence-corrected chi connectivity index (χ3v) is 5.08. The van der Waals surface area contributed by atoms with Crippen LogP contribution in [0.5, 0.6) is 0 Å². The van der Waals surface area contributed by atoms with Crippen molar-refractivity contribution in [2.45, 2.75) is 6.92 Å². The number of nitrogens with two attached hydrogens (primary N) is 1. The lowest BCUT2D eigenvalue weighted by Gasteiger charge is -2.09. The maximum Gasteiger partial charge on any atom is 0.257 e. The first-order chi connectivity index (χ1) is 16.1. The number of carbonyl (C=O) groups excluding carboxylic acids is 1. The maximum absolute atomic E-state index is 12.5. The maximum atomic E-state index is 12.5. The molecule has 0 saturated carbocycles. The van der Waals surface area contributed by atoms with E-state index in [0.29, 0.717) is 28.7 Å². The van der Waals surface area contributed by atoms with E-state index in [4.69, 9.17) is 5.73 Å². The molecule has 0 aliphatic rings. The highest BCUT2D eigenvalue weighted by atomic mass is 16.1. The van der Waals surface area contributed by atoms with Gasteiger partial charge in [0, 0.05) is 18.6 Å². The van der Waals surface area contributed by atoms with E-state index in [1.807, 2.05) is 41.8 Å². The molecule has 4 heterocycles. The summed E-state index contributed by atoms with van der Waals surface area (Å²) in [4.78, 5) is 30.3. The van der Waals surface area contributed by atoms with Crippen LogP contribution in [0.15, 0.2) is 79.3 Å². The quantitative estimate of drug-likeness (QED) is 0.355. The van der Waals surface area contributed by atoms with Gasteiger partial charge in [-0.25, -0.2) is 19.9 Å². The number of anilines is 4. The summed E-state index contributed by atoms with van der Waals surface area (Å²) < 4.78 is 1.99. The third kappa shape index (κ3) is 4.07. The van der Waals surface area contributed by atoms with Crippen LogP contribution >= 0.6 is 0 Å². The Kier molecular flexibility index (Phi) is 5.12. The van der Waals surface area contributed by atoms with Gasteiger partial charge >= 0.3 is 0 Å². The summed E-state index contributed by atoms with van der Waals surface area (Å²) in [5.74, 6) is 0.602. The molecular formula is C24H20N8O. The zero-order valence-electron chi connectivity index (χ0n) is 17.7. The third-order valence-electron chi connectivity index (χ3n) is 5.08. The van der Waals surface area contributed by atoms with Crippen LogP contribution in [-0.4, -0.2) is 30.2 Å². The molecule has 0 spiro atoms. The Morgan fingerprint density at radius 2 is 1.82 bits per heavy atom. The molecule has 1 aromatic carbocycles. The van der Waals surface area contributed by atoms with Crippen molar-refractivity contribution >= 4 is 34.7 Å². The number of aromatic nitrogens is 5. The van der Waals surface area contributed by atoms with Crippen LogP contribution in [0.3, 0.4) is 0 Å². The number of para-hydroxylation sites is 2. The molecule has 1 amide bonds. The predicted molar refractivity (Wildman–Crippen MR) is 127 cm³/mol.